The van der Waals surface area contributed by atoms with E-state index in [2.05, 4.69) is 5.32 Å². The van der Waals surface area contributed by atoms with Crippen LogP contribution in [0.4, 0.5) is 13.2 Å². The van der Waals surface area contributed by atoms with Crippen molar-refractivity contribution in [2.24, 2.45) is 5.73 Å². The van der Waals surface area contributed by atoms with Gasteiger partial charge in [-0.05, 0) is 31.1 Å². The first-order chi connectivity index (χ1) is 7.54. The fourth-order valence-corrected chi connectivity index (χ4v) is 1.32. The Morgan fingerprint density at radius 1 is 1.25 bits per heavy atom. The molecule has 0 bridgehead atoms. The fraction of sp³-hybridized carbons (Fsp3) is 0.455. The Labute approximate surface area is 92.6 Å². The third-order valence-corrected chi connectivity index (χ3v) is 2.14. The maximum Gasteiger partial charge on any atom is 0.416 e. The minimum Gasteiger partial charge on any atom is -0.330 e. The average molecular weight is 232 g/mol. The van der Waals surface area contributed by atoms with E-state index in [1.807, 2.05) is 0 Å². The number of benzene rings is 1. The molecule has 0 saturated heterocycles. The van der Waals surface area contributed by atoms with Crippen LogP contribution in [0.2, 0.25) is 0 Å². The molecule has 0 amide bonds. The molecule has 16 heavy (non-hydrogen) atoms. The molecule has 0 saturated carbocycles. The number of rotatable bonds is 5. The van der Waals surface area contributed by atoms with Crippen molar-refractivity contribution in [1.29, 1.82) is 0 Å². The molecule has 0 aromatic heterocycles. The van der Waals surface area contributed by atoms with Crippen LogP contribution < -0.4 is 11.1 Å². The van der Waals surface area contributed by atoms with E-state index in [1.165, 1.54) is 6.07 Å². The highest BCUT2D eigenvalue weighted by Gasteiger charge is 2.30. The molecule has 0 unspecified atom stereocenters. The minimum absolute atomic E-state index is 0.434. The molecule has 0 radical (unpaired) electrons. The van der Waals surface area contributed by atoms with Gasteiger partial charge in [-0.15, -0.1) is 0 Å². The number of halogens is 3. The lowest BCUT2D eigenvalue weighted by atomic mass is 10.1. The fourth-order valence-electron chi connectivity index (χ4n) is 1.32. The molecular formula is C11H15F3N2. The van der Waals surface area contributed by atoms with Gasteiger partial charge >= 0.3 is 6.18 Å². The van der Waals surface area contributed by atoms with Gasteiger partial charge in [-0.3, -0.25) is 0 Å². The molecule has 0 heterocycles. The van der Waals surface area contributed by atoms with Crippen molar-refractivity contribution >= 4 is 0 Å². The van der Waals surface area contributed by atoms with Crippen LogP contribution >= 0.6 is 0 Å². The highest BCUT2D eigenvalue weighted by Crippen LogP contribution is 2.29. The molecule has 0 aliphatic carbocycles. The zero-order valence-electron chi connectivity index (χ0n) is 8.85. The molecule has 0 aliphatic heterocycles. The van der Waals surface area contributed by atoms with Gasteiger partial charge in [0, 0.05) is 6.54 Å². The summed E-state index contributed by atoms with van der Waals surface area (Å²) < 4.78 is 37.1. The van der Waals surface area contributed by atoms with Gasteiger partial charge in [0.15, 0.2) is 0 Å². The number of hydrogen-bond acceptors (Lipinski definition) is 2. The van der Waals surface area contributed by atoms with E-state index in [-0.39, 0.29) is 0 Å². The smallest absolute Gasteiger partial charge is 0.330 e. The van der Waals surface area contributed by atoms with Crippen molar-refractivity contribution in [2.75, 3.05) is 13.1 Å². The number of nitrogens with one attached hydrogen (secondary N) is 1. The highest BCUT2D eigenvalue weighted by atomic mass is 19.4. The van der Waals surface area contributed by atoms with Gasteiger partial charge in [0.25, 0.3) is 0 Å². The maximum absolute atomic E-state index is 12.4. The Balaban J connectivity index is 2.54. The first kappa shape index (κ1) is 13.0. The second kappa shape index (κ2) is 5.86. The lowest BCUT2D eigenvalue weighted by Crippen LogP contribution is -2.18. The van der Waals surface area contributed by atoms with E-state index in [4.69, 9.17) is 5.73 Å². The lowest BCUT2D eigenvalue weighted by Gasteiger charge is -2.09. The summed E-state index contributed by atoms with van der Waals surface area (Å²) in [6.45, 7) is 1.73. The molecule has 0 spiro atoms. The monoisotopic (exact) mass is 232 g/mol. The zero-order chi connectivity index (χ0) is 12.0. The van der Waals surface area contributed by atoms with Gasteiger partial charge < -0.3 is 11.1 Å². The molecule has 0 atom stereocenters. The molecule has 1 rings (SSSR count). The van der Waals surface area contributed by atoms with Crippen LogP contribution in [0.3, 0.4) is 0 Å². The molecule has 0 fully saturated rings. The summed E-state index contributed by atoms with van der Waals surface area (Å²) in [5.41, 5.74) is 5.33. The Morgan fingerprint density at radius 2 is 2.00 bits per heavy atom. The summed E-state index contributed by atoms with van der Waals surface area (Å²) in [6.07, 6.45) is -3.45. The topological polar surface area (TPSA) is 38.0 Å². The number of nitrogens with two attached hydrogens (primary N) is 1. The Morgan fingerprint density at radius 3 is 2.62 bits per heavy atom. The minimum atomic E-state index is -4.27. The molecule has 0 aliphatic rings. The molecule has 3 N–H and O–H groups in total. The van der Waals surface area contributed by atoms with E-state index in [9.17, 15) is 13.2 Å². The second-order valence-electron chi connectivity index (χ2n) is 3.52. The summed E-state index contributed by atoms with van der Waals surface area (Å²) in [4.78, 5) is 0. The predicted octanol–water partition coefficient (Wildman–Crippen LogP) is 2.14. The summed E-state index contributed by atoms with van der Waals surface area (Å²) in [5, 5.41) is 3.03. The van der Waals surface area contributed by atoms with Crippen LogP contribution in [0.15, 0.2) is 24.3 Å². The molecule has 90 valence electrons. The van der Waals surface area contributed by atoms with Crippen molar-refractivity contribution in [3.63, 3.8) is 0 Å². The molecule has 2 nitrogen and oxygen atoms in total. The number of hydrogen-bond donors (Lipinski definition) is 2. The Hall–Kier alpha value is -1.07. The first-order valence-corrected chi connectivity index (χ1v) is 5.11. The Bertz CT molecular complexity index is 323. The lowest BCUT2D eigenvalue weighted by molar-refractivity contribution is -0.137. The van der Waals surface area contributed by atoms with E-state index in [0.717, 1.165) is 18.6 Å². The zero-order valence-corrected chi connectivity index (χ0v) is 8.85. The summed E-state index contributed by atoms with van der Waals surface area (Å²) >= 11 is 0. The van der Waals surface area contributed by atoms with Crippen LogP contribution in [0.1, 0.15) is 17.5 Å². The van der Waals surface area contributed by atoms with Crippen molar-refractivity contribution in [3.05, 3.63) is 35.4 Å². The molecule has 1 aromatic rings. The molecule has 5 heteroatoms. The first-order valence-electron chi connectivity index (χ1n) is 5.11. The van der Waals surface area contributed by atoms with Crippen LogP contribution in [0.5, 0.6) is 0 Å². The third kappa shape index (κ3) is 4.20. The number of alkyl halides is 3. The average Bonchev–Trinajstić information content (AvgIpc) is 2.24. The molecular weight excluding hydrogens is 217 g/mol. The summed E-state index contributed by atoms with van der Waals surface area (Å²) in [6, 6.07) is 5.33. The third-order valence-electron chi connectivity index (χ3n) is 2.14. The largest absolute Gasteiger partial charge is 0.416 e. The van der Waals surface area contributed by atoms with Crippen LogP contribution in [0, 0.1) is 0 Å². The van der Waals surface area contributed by atoms with Gasteiger partial charge in [-0.25, -0.2) is 0 Å². The standard InChI is InChI=1S/C11H15F3N2/c12-11(13,14)10-4-1-3-9(7-10)8-16-6-2-5-15/h1,3-4,7,16H,2,5-6,8,15H2. The second-order valence-corrected chi connectivity index (χ2v) is 3.52. The van der Waals surface area contributed by atoms with Crippen molar-refractivity contribution < 1.29 is 13.2 Å². The predicted molar refractivity (Wildman–Crippen MR) is 56.8 cm³/mol. The van der Waals surface area contributed by atoms with Gasteiger partial charge in [-0.2, -0.15) is 13.2 Å². The van der Waals surface area contributed by atoms with Crippen LogP contribution in [0.25, 0.3) is 0 Å². The van der Waals surface area contributed by atoms with Gasteiger partial charge in [0.2, 0.25) is 0 Å². The highest BCUT2D eigenvalue weighted by molar-refractivity contribution is 5.25. The molecule has 1 aromatic carbocycles. The van der Waals surface area contributed by atoms with Crippen molar-refractivity contribution in [2.45, 2.75) is 19.1 Å². The maximum atomic E-state index is 12.4. The van der Waals surface area contributed by atoms with Gasteiger partial charge in [0.1, 0.15) is 0 Å². The van der Waals surface area contributed by atoms with E-state index in [0.29, 0.717) is 25.2 Å². The normalized spacial score (nSPS) is 11.8. The quantitative estimate of drug-likeness (QED) is 0.763. The van der Waals surface area contributed by atoms with Gasteiger partial charge in [0.05, 0.1) is 5.56 Å². The van der Waals surface area contributed by atoms with Crippen LogP contribution in [-0.2, 0) is 12.7 Å². The van der Waals surface area contributed by atoms with Gasteiger partial charge in [-0.1, -0.05) is 18.2 Å². The van der Waals surface area contributed by atoms with E-state index in [1.54, 1.807) is 6.07 Å². The van der Waals surface area contributed by atoms with Crippen molar-refractivity contribution in [3.8, 4) is 0 Å². The Kier molecular flexibility index (Phi) is 4.76. The summed E-state index contributed by atoms with van der Waals surface area (Å²) in [7, 11) is 0. The van der Waals surface area contributed by atoms with Crippen molar-refractivity contribution in [1.82, 2.24) is 5.32 Å². The summed E-state index contributed by atoms with van der Waals surface area (Å²) in [5.74, 6) is 0. The van der Waals surface area contributed by atoms with E-state index >= 15 is 0 Å². The van der Waals surface area contributed by atoms with Crippen LogP contribution in [-0.4, -0.2) is 13.1 Å². The van der Waals surface area contributed by atoms with E-state index < -0.39 is 11.7 Å². The SMILES string of the molecule is NCCCNCc1cccc(C(F)(F)F)c1.